The maximum atomic E-state index is 6.18. The molecule has 2 aromatic rings. The van der Waals surface area contributed by atoms with Gasteiger partial charge >= 0.3 is 0 Å². The smallest absolute Gasteiger partial charge is 0.143 e. The molecule has 0 aliphatic rings. The van der Waals surface area contributed by atoms with Crippen molar-refractivity contribution in [3.05, 3.63) is 44.4 Å². The van der Waals surface area contributed by atoms with E-state index in [4.69, 9.17) is 16.6 Å². The summed E-state index contributed by atoms with van der Waals surface area (Å²) in [6.45, 7) is 2.16. The molecule has 6 heteroatoms. The molecule has 0 amide bonds. The van der Waals surface area contributed by atoms with Gasteiger partial charge in [0, 0.05) is 11.9 Å². The van der Waals surface area contributed by atoms with Crippen molar-refractivity contribution < 1.29 is 0 Å². The molecule has 112 valence electrons. The average Bonchev–Trinajstić information content (AvgIpc) is 2.49. The summed E-state index contributed by atoms with van der Waals surface area (Å²) in [5.74, 6) is 2.46. The van der Waals surface area contributed by atoms with Crippen LogP contribution >= 0.6 is 46.0 Å². The van der Waals surface area contributed by atoms with Crippen molar-refractivity contribution in [2.45, 2.75) is 30.4 Å². The lowest BCUT2D eigenvalue weighted by molar-refractivity contribution is 0.846. The van der Waals surface area contributed by atoms with E-state index in [9.17, 15) is 0 Å². The number of aryl methyl sites for hydroxylation is 1. The first-order chi connectivity index (χ1) is 10.2. The SMILES string of the molecule is CCCc1nc(CSc2ccccc2Cl)nc(NC)c1I. The third kappa shape index (κ3) is 4.47. The van der Waals surface area contributed by atoms with Crippen LogP contribution in [0.3, 0.4) is 0 Å². The zero-order valence-corrected chi connectivity index (χ0v) is 15.7. The van der Waals surface area contributed by atoms with Crippen molar-refractivity contribution in [3.8, 4) is 0 Å². The van der Waals surface area contributed by atoms with Crippen LogP contribution in [0.15, 0.2) is 29.2 Å². The second kappa shape index (κ2) is 8.19. The summed E-state index contributed by atoms with van der Waals surface area (Å²) in [6.07, 6.45) is 2.05. The fourth-order valence-corrected chi connectivity index (χ4v) is 3.76. The molecule has 0 aliphatic heterocycles. The molecule has 0 unspecified atom stereocenters. The van der Waals surface area contributed by atoms with Gasteiger partial charge in [-0.25, -0.2) is 9.97 Å². The third-order valence-corrected chi connectivity index (χ3v) is 5.53. The van der Waals surface area contributed by atoms with E-state index in [0.717, 1.165) is 43.7 Å². The van der Waals surface area contributed by atoms with Gasteiger partial charge in [-0.2, -0.15) is 0 Å². The highest BCUT2D eigenvalue weighted by atomic mass is 127. The Morgan fingerprint density at radius 2 is 2.05 bits per heavy atom. The van der Waals surface area contributed by atoms with Crippen LogP contribution in [-0.4, -0.2) is 17.0 Å². The summed E-state index contributed by atoms with van der Waals surface area (Å²) in [5, 5.41) is 3.92. The Morgan fingerprint density at radius 1 is 1.29 bits per heavy atom. The zero-order valence-electron chi connectivity index (χ0n) is 12.0. The molecule has 0 saturated heterocycles. The Hall–Kier alpha value is -0.530. The van der Waals surface area contributed by atoms with Crippen LogP contribution in [0, 0.1) is 3.57 Å². The van der Waals surface area contributed by atoms with Gasteiger partial charge in [-0.15, -0.1) is 11.8 Å². The molecular formula is C15H17ClIN3S. The second-order valence-corrected chi connectivity index (χ2v) is 6.97. The number of anilines is 1. The molecule has 21 heavy (non-hydrogen) atoms. The fraction of sp³-hybridized carbons (Fsp3) is 0.333. The van der Waals surface area contributed by atoms with Gasteiger partial charge in [0.15, 0.2) is 0 Å². The average molecular weight is 434 g/mol. The number of hydrogen-bond acceptors (Lipinski definition) is 4. The van der Waals surface area contributed by atoms with E-state index in [2.05, 4.69) is 39.8 Å². The van der Waals surface area contributed by atoms with Crippen molar-refractivity contribution >= 4 is 51.8 Å². The molecule has 1 heterocycles. The molecule has 0 bridgehead atoms. The van der Waals surface area contributed by atoms with E-state index in [-0.39, 0.29) is 0 Å². The minimum Gasteiger partial charge on any atom is -0.372 e. The van der Waals surface area contributed by atoms with Gasteiger partial charge in [0.05, 0.1) is 20.0 Å². The van der Waals surface area contributed by atoms with Crippen LogP contribution in [0.5, 0.6) is 0 Å². The highest BCUT2D eigenvalue weighted by Gasteiger charge is 2.11. The third-order valence-electron chi connectivity index (χ3n) is 2.88. The summed E-state index contributed by atoms with van der Waals surface area (Å²) < 4.78 is 1.11. The molecule has 1 aromatic carbocycles. The number of aromatic nitrogens is 2. The van der Waals surface area contributed by atoms with E-state index in [0.29, 0.717) is 5.75 Å². The van der Waals surface area contributed by atoms with E-state index in [1.807, 2.05) is 31.3 Å². The Balaban J connectivity index is 2.20. The molecule has 1 aromatic heterocycles. The second-order valence-electron chi connectivity index (χ2n) is 4.47. The molecule has 2 rings (SSSR count). The minimum atomic E-state index is 0.714. The summed E-state index contributed by atoms with van der Waals surface area (Å²) in [6, 6.07) is 7.85. The lowest BCUT2D eigenvalue weighted by atomic mass is 10.2. The highest BCUT2D eigenvalue weighted by Crippen LogP contribution is 2.29. The van der Waals surface area contributed by atoms with Crippen LogP contribution in [0.2, 0.25) is 5.02 Å². The molecule has 0 saturated carbocycles. The highest BCUT2D eigenvalue weighted by molar-refractivity contribution is 14.1. The molecule has 0 radical (unpaired) electrons. The van der Waals surface area contributed by atoms with Gasteiger partial charge in [0.25, 0.3) is 0 Å². The van der Waals surface area contributed by atoms with E-state index in [1.165, 1.54) is 0 Å². The zero-order chi connectivity index (χ0) is 15.2. The predicted octanol–water partition coefficient (Wildman–Crippen LogP) is 5.02. The maximum Gasteiger partial charge on any atom is 0.143 e. The first-order valence-corrected chi connectivity index (χ1v) is 9.20. The monoisotopic (exact) mass is 433 g/mol. The number of nitrogens with zero attached hydrogens (tertiary/aromatic N) is 2. The van der Waals surface area contributed by atoms with Crippen molar-refractivity contribution in [2.24, 2.45) is 0 Å². The first-order valence-electron chi connectivity index (χ1n) is 6.76. The lowest BCUT2D eigenvalue weighted by Crippen LogP contribution is -2.07. The number of thioether (sulfide) groups is 1. The van der Waals surface area contributed by atoms with Crippen LogP contribution in [-0.2, 0) is 12.2 Å². The van der Waals surface area contributed by atoms with Crippen LogP contribution in [0.25, 0.3) is 0 Å². The fourth-order valence-electron chi connectivity index (χ4n) is 1.88. The quantitative estimate of drug-likeness (QED) is 0.513. The van der Waals surface area contributed by atoms with Gasteiger partial charge in [0.1, 0.15) is 11.6 Å². The molecule has 3 nitrogen and oxygen atoms in total. The van der Waals surface area contributed by atoms with Gasteiger partial charge in [-0.3, -0.25) is 0 Å². The van der Waals surface area contributed by atoms with Crippen molar-refractivity contribution in [1.29, 1.82) is 0 Å². The van der Waals surface area contributed by atoms with Gasteiger partial charge in [-0.1, -0.05) is 37.1 Å². The molecule has 0 atom stereocenters. The van der Waals surface area contributed by atoms with Crippen molar-refractivity contribution in [2.75, 3.05) is 12.4 Å². The van der Waals surface area contributed by atoms with Crippen LogP contribution < -0.4 is 5.32 Å². The summed E-state index contributed by atoms with van der Waals surface area (Å²) >= 11 is 10.2. The van der Waals surface area contributed by atoms with Crippen molar-refractivity contribution in [3.63, 3.8) is 0 Å². The first kappa shape index (κ1) is 16.8. The molecule has 0 fully saturated rings. The van der Waals surface area contributed by atoms with Crippen LogP contribution in [0.1, 0.15) is 24.9 Å². The van der Waals surface area contributed by atoms with Crippen LogP contribution in [0.4, 0.5) is 5.82 Å². The maximum absolute atomic E-state index is 6.18. The predicted molar refractivity (Wildman–Crippen MR) is 99.3 cm³/mol. The minimum absolute atomic E-state index is 0.714. The number of hydrogen-bond donors (Lipinski definition) is 1. The Bertz CT molecular complexity index is 622. The van der Waals surface area contributed by atoms with E-state index in [1.54, 1.807) is 11.8 Å². The number of benzene rings is 1. The van der Waals surface area contributed by atoms with Gasteiger partial charge in [-0.05, 0) is 41.1 Å². The number of nitrogens with one attached hydrogen (secondary N) is 1. The largest absolute Gasteiger partial charge is 0.372 e. The standard InChI is InChI=1S/C15H17ClIN3S/c1-3-6-11-14(17)15(18-2)20-13(19-11)9-21-12-8-5-4-7-10(12)16/h4-5,7-8H,3,6,9H2,1-2H3,(H,18,19,20). The van der Waals surface area contributed by atoms with Gasteiger partial charge < -0.3 is 5.32 Å². The van der Waals surface area contributed by atoms with Crippen molar-refractivity contribution in [1.82, 2.24) is 9.97 Å². The normalized spacial score (nSPS) is 10.7. The molecule has 1 N–H and O–H groups in total. The summed E-state index contributed by atoms with van der Waals surface area (Å²) in [5.41, 5.74) is 1.12. The molecule has 0 spiro atoms. The van der Waals surface area contributed by atoms with Gasteiger partial charge in [0.2, 0.25) is 0 Å². The van der Waals surface area contributed by atoms with E-state index < -0.39 is 0 Å². The molecular weight excluding hydrogens is 417 g/mol. The number of rotatable bonds is 6. The Labute approximate surface area is 148 Å². The summed E-state index contributed by atoms with van der Waals surface area (Å²) in [7, 11) is 1.89. The topological polar surface area (TPSA) is 37.8 Å². The Kier molecular flexibility index (Phi) is 6.57. The summed E-state index contributed by atoms with van der Waals surface area (Å²) in [4.78, 5) is 10.3. The Morgan fingerprint density at radius 3 is 2.71 bits per heavy atom. The number of halogens is 2. The lowest BCUT2D eigenvalue weighted by Gasteiger charge is -2.11. The molecule has 0 aliphatic carbocycles. The van der Waals surface area contributed by atoms with E-state index >= 15 is 0 Å².